The van der Waals surface area contributed by atoms with E-state index in [-0.39, 0.29) is 5.91 Å². The largest absolute Gasteiger partial charge is 0.395 e. The Morgan fingerprint density at radius 3 is 2.95 bits per heavy atom. The van der Waals surface area contributed by atoms with Crippen molar-refractivity contribution in [1.29, 1.82) is 0 Å². The van der Waals surface area contributed by atoms with Gasteiger partial charge in [0.2, 0.25) is 0 Å². The van der Waals surface area contributed by atoms with E-state index in [4.69, 9.17) is 5.73 Å². The van der Waals surface area contributed by atoms with Gasteiger partial charge < -0.3 is 10.6 Å². The number of carbonyl (C=O) groups is 1. The fourth-order valence-corrected chi connectivity index (χ4v) is 2.73. The molecular weight excluding hydrogens is 260 g/mol. The van der Waals surface area contributed by atoms with Gasteiger partial charge in [-0.05, 0) is 42.2 Å². The van der Waals surface area contributed by atoms with E-state index >= 15 is 0 Å². The van der Waals surface area contributed by atoms with E-state index in [0.29, 0.717) is 24.0 Å². The second-order valence-electron chi connectivity index (χ2n) is 4.91. The van der Waals surface area contributed by atoms with Crippen LogP contribution in [0.15, 0.2) is 16.8 Å². The van der Waals surface area contributed by atoms with Crippen molar-refractivity contribution < 1.29 is 4.79 Å². The van der Waals surface area contributed by atoms with Gasteiger partial charge in [-0.3, -0.25) is 9.89 Å². The fraction of sp³-hybridized carbons (Fsp3) is 0.385. The monoisotopic (exact) mass is 276 g/mol. The molecule has 1 aliphatic carbocycles. The molecule has 6 heteroatoms. The van der Waals surface area contributed by atoms with Crippen LogP contribution in [0.25, 0.3) is 0 Å². The van der Waals surface area contributed by atoms with E-state index in [2.05, 4.69) is 15.6 Å². The van der Waals surface area contributed by atoms with E-state index in [1.54, 1.807) is 11.3 Å². The Balaban J connectivity index is 1.84. The predicted octanol–water partition coefficient (Wildman–Crippen LogP) is 2.17. The van der Waals surface area contributed by atoms with Crippen molar-refractivity contribution in [2.75, 3.05) is 5.73 Å². The Hall–Kier alpha value is -1.82. The van der Waals surface area contributed by atoms with Crippen LogP contribution in [0.4, 0.5) is 5.69 Å². The summed E-state index contributed by atoms with van der Waals surface area (Å²) >= 11 is 1.64. The van der Waals surface area contributed by atoms with Crippen molar-refractivity contribution in [2.45, 2.75) is 32.4 Å². The lowest BCUT2D eigenvalue weighted by molar-refractivity contribution is 0.0725. The molecule has 0 atom stereocenters. The van der Waals surface area contributed by atoms with Crippen LogP contribution in [0, 0.1) is 6.92 Å². The Kier molecular flexibility index (Phi) is 3.02. The van der Waals surface area contributed by atoms with Gasteiger partial charge in [0, 0.05) is 12.6 Å². The maximum atomic E-state index is 12.6. The summed E-state index contributed by atoms with van der Waals surface area (Å²) in [6.07, 6.45) is 2.14. The first-order valence-corrected chi connectivity index (χ1v) is 7.23. The number of nitrogens with zero attached hydrogens (tertiary/aromatic N) is 2. The number of nitrogens with two attached hydrogens (primary N) is 1. The van der Waals surface area contributed by atoms with E-state index < -0.39 is 0 Å². The molecule has 2 aromatic rings. The first-order chi connectivity index (χ1) is 9.16. The molecule has 1 aliphatic rings. The van der Waals surface area contributed by atoms with Gasteiger partial charge in [-0.25, -0.2) is 0 Å². The maximum absolute atomic E-state index is 12.6. The van der Waals surface area contributed by atoms with Crippen molar-refractivity contribution in [2.24, 2.45) is 0 Å². The molecule has 0 spiro atoms. The van der Waals surface area contributed by atoms with Gasteiger partial charge in [0.1, 0.15) is 0 Å². The number of anilines is 1. The number of aromatic nitrogens is 2. The zero-order valence-corrected chi connectivity index (χ0v) is 11.5. The van der Waals surface area contributed by atoms with Gasteiger partial charge in [0.25, 0.3) is 5.91 Å². The molecule has 1 saturated carbocycles. The standard InChI is InChI=1S/C13H16N4OS/c1-8-11(14)12(16-15-8)13(18)17(10-2-3-10)6-9-4-5-19-7-9/h4-5,7,10H,2-3,6,14H2,1H3,(H,15,16). The van der Waals surface area contributed by atoms with E-state index in [1.165, 1.54) is 0 Å². The van der Waals surface area contributed by atoms with Gasteiger partial charge in [-0.2, -0.15) is 16.4 Å². The Labute approximate surface area is 115 Å². The minimum absolute atomic E-state index is 0.0736. The third-order valence-electron chi connectivity index (χ3n) is 3.38. The number of nitrogens with one attached hydrogen (secondary N) is 1. The average molecular weight is 276 g/mol. The Morgan fingerprint density at radius 2 is 2.42 bits per heavy atom. The SMILES string of the molecule is Cc1[nH]nc(C(=O)N(Cc2ccsc2)C2CC2)c1N. The molecule has 2 aromatic heterocycles. The van der Waals surface area contributed by atoms with Gasteiger partial charge in [-0.15, -0.1) is 0 Å². The summed E-state index contributed by atoms with van der Waals surface area (Å²) in [4.78, 5) is 14.4. The van der Waals surface area contributed by atoms with Crippen LogP contribution in [-0.4, -0.2) is 27.0 Å². The lowest BCUT2D eigenvalue weighted by atomic mass is 10.2. The summed E-state index contributed by atoms with van der Waals surface area (Å²) < 4.78 is 0. The van der Waals surface area contributed by atoms with Gasteiger partial charge in [0.05, 0.1) is 11.4 Å². The number of amides is 1. The highest BCUT2D eigenvalue weighted by molar-refractivity contribution is 7.07. The highest BCUT2D eigenvalue weighted by Crippen LogP contribution is 2.31. The van der Waals surface area contributed by atoms with Crippen molar-refractivity contribution in [1.82, 2.24) is 15.1 Å². The molecule has 0 aromatic carbocycles. The molecule has 0 radical (unpaired) electrons. The highest BCUT2D eigenvalue weighted by atomic mass is 32.1. The summed E-state index contributed by atoms with van der Waals surface area (Å²) in [5.74, 6) is -0.0736. The summed E-state index contributed by atoms with van der Waals surface area (Å²) in [7, 11) is 0. The van der Waals surface area contributed by atoms with Crippen LogP contribution < -0.4 is 5.73 Å². The van der Waals surface area contributed by atoms with Crippen LogP contribution in [-0.2, 0) is 6.54 Å². The number of aromatic amines is 1. The van der Waals surface area contributed by atoms with Gasteiger partial charge in [0.15, 0.2) is 5.69 Å². The zero-order chi connectivity index (χ0) is 13.4. The maximum Gasteiger partial charge on any atom is 0.277 e. The molecule has 1 amide bonds. The van der Waals surface area contributed by atoms with E-state index in [0.717, 1.165) is 24.1 Å². The average Bonchev–Trinajstić information content (AvgIpc) is 3.01. The van der Waals surface area contributed by atoms with Crippen LogP contribution in [0.5, 0.6) is 0 Å². The highest BCUT2D eigenvalue weighted by Gasteiger charge is 2.35. The van der Waals surface area contributed by atoms with Crippen molar-refractivity contribution in [3.63, 3.8) is 0 Å². The number of hydrogen-bond acceptors (Lipinski definition) is 4. The molecule has 3 rings (SSSR count). The number of hydrogen-bond donors (Lipinski definition) is 2. The number of H-pyrrole nitrogens is 1. The minimum Gasteiger partial charge on any atom is -0.395 e. The first kappa shape index (κ1) is 12.2. The normalized spacial score (nSPS) is 14.6. The number of thiophene rings is 1. The summed E-state index contributed by atoms with van der Waals surface area (Å²) in [6.45, 7) is 2.46. The molecular formula is C13H16N4OS. The van der Waals surface area contributed by atoms with Gasteiger partial charge in [-0.1, -0.05) is 0 Å². The second-order valence-corrected chi connectivity index (χ2v) is 5.69. The van der Waals surface area contributed by atoms with Crippen LogP contribution >= 0.6 is 11.3 Å². The second kappa shape index (κ2) is 4.70. The summed E-state index contributed by atoms with van der Waals surface area (Å²) in [5.41, 5.74) is 8.61. The molecule has 1 fully saturated rings. The lowest BCUT2D eigenvalue weighted by Crippen LogP contribution is -2.33. The van der Waals surface area contributed by atoms with E-state index in [1.807, 2.05) is 23.3 Å². The summed E-state index contributed by atoms with van der Waals surface area (Å²) in [5, 5.41) is 10.9. The molecule has 0 saturated heterocycles. The van der Waals surface area contributed by atoms with Crippen LogP contribution in [0.2, 0.25) is 0 Å². The number of nitrogen functional groups attached to an aromatic ring is 1. The fourth-order valence-electron chi connectivity index (χ4n) is 2.07. The Bertz CT molecular complexity index is 586. The zero-order valence-electron chi connectivity index (χ0n) is 10.7. The third-order valence-corrected chi connectivity index (χ3v) is 4.11. The van der Waals surface area contributed by atoms with Crippen LogP contribution in [0.3, 0.4) is 0 Å². The summed E-state index contributed by atoms with van der Waals surface area (Å²) in [6, 6.07) is 2.38. The van der Waals surface area contributed by atoms with Gasteiger partial charge >= 0.3 is 0 Å². The number of aryl methyl sites for hydroxylation is 1. The molecule has 0 aliphatic heterocycles. The minimum atomic E-state index is -0.0736. The van der Waals surface area contributed by atoms with Crippen molar-refractivity contribution in [3.05, 3.63) is 33.8 Å². The molecule has 0 bridgehead atoms. The smallest absolute Gasteiger partial charge is 0.277 e. The first-order valence-electron chi connectivity index (χ1n) is 6.29. The Morgan fingerprint density at radius 1 is 1.63 bits per heavy atom. The third kappa shape index (κ3) is 2.35. The molecule has 19 heavy (non-hydrogen) atoms. The quantitative estimate of drug-likeness (QED) is 0.898. The topological polar surface area (TPSA) is 75.0 Å². The van der Waals surface area contributed by atoms with Crippen molar-refractivity contribution in [3.8, 4) is 0 Å². The van der Waals surface area contributed by atoms with Crippen LogP contribution in [0.1, 0.15) is 34.6 Å². The molecule has 2 heterocycles. The molecule has 0 unspecified atom stereocenters. The number of carbonyl (C=O) groups excluding carboxylic acids is 1. The molecule has 3 N–H and O–H groups in total. The van der Waals surface area contributed by atoms with Crippen molar-refractivity contribution >= 4 is 22.9 Å². The van der Waals surface area contributed by atoms with E-state index in [9.17, 15) is 4.79 Å². The predicted molar refractivity (Wildman–Crippen MR) is 75.0 cm³/mol. The lowest BCUT2D eigenvalue weighted by Gasteiger charge is -2.21. The molecule has 5 nitrogen and oxygen atoms in total. The number of rotatable bonds is 4. The molecule has 100 valence electrons.